The molecule has 2 atom stereocenters. The minimum atomic E-state index is 0.660. The van der Waals surface area contributed by atoms with E-state index in [9.17, 15) is 0 Å². The van der Waals surface area contributed by atoms with Gasteiger partial charge in [-0.3, -0.25) is 0 Å². The first kappa shape index (κ1) is 12.7. The van der Waals surface area contributed by atoms with E-state index < -0.39 is 0 Å². The van der Waals surface area contributed by atoms with Gasteiger partial charge in [0, 0.05) is 19.1 Å². The standard InChI is InChI=1S/C15H26N2S/c18-15(16-14-7-2-1-3-8-14)17-10-12-5-4-6-13(9-12)11-17/h12-14H,1-11H2,(H,16,18). The highest BCUT2D eigenvalue weighted by Gasteiger charge is 2.31. The van der Waals surface area contributed by atoms with Crippen LogP contribution in [-0.4, -0.2) is 29.1 Å². The zero-order valence-electron chi connectivity index (χ0n) is 11.4. The lowest BCUT2D eigenvalue weighted by atomic mass is 9.78. The van der Waals surface area contributed by atoms with Gasteiger partial charge in [0.2, 0.25) is 0 Å². The summed E-state index contributed by atoms with van der Waals surface area (Å²) < 4.78 is 0. The predicted octanol–water partition coefficient (Wildman–Crippen LogP) is 3.32. The van der Waals surface area contributed by atoms with Crippen molar-refractivity contribution in [3.8, 4) is 0 Å². The second-order valence-corrected chi connectivity index (χ2v) is 6.97. The lowest BCUT2D eigenvalue weighted by molar-refractivity contribution is 0.135. The summed E-state index contributed by atoms with van der Waals surface area (Å²) in [7, 11) is 0. The van der Waals surface area contributed by atoms with Gasteiger partial charge in [-0.2, -0.15) is 0 Å². The average Bonchev–Trinajstić information content (AvgIpc) is 2.39. The van der Waals surface area contributed by atoms with Crippen LogP contribution in [-0.2, 0) is 0 Å². The van der Waals surface area contributed by atoms with Crippen LogP contribution in [0.1, 0.15) is 57.8 Å². The minimum Gasteiger partial charge on any atom is -0.360 e. The number of piperidine rings is 1. The van der Waals surface area contributed by atoms with Gasteiger partial charge in [-0.15, -0.1) is 0 Å². The summed E-state index contributed by atoms with van der Waals surface area (Å²) in [5.74, 6) is 1.84. The lowest BCUT2D eigenvalue weighted by Gasteiger charge is -2.43. The Hall–Kier alpha value is -0.310. The summed E-state index contributed by atoms with van der Waals surface area (Å²) in [6, 6.07) is 0.660. The summed E-state index contributed by atoms with van der Waals surface area (Å²) in [4.78, 5) is 2.47. The number of hydrogen-bond acceptors (Lipinski definition) is 1. The molecule has 2 bridgehead atoms. The van der Waals surface area contributed by atoms with Crippen molar-refractivity contribution in [1.29, 1.82) is 0 Å². The normalized spacial score (nSPS) is 33.2. The van der Waals surface area contributed by atoms with Crippen molar-refractivity contribution < 1.29 is 0 Å². The van der Waals surface area contributed by atoms with E-state index in [-0.39, 0.29) is 0 Å². The number of nitrogens with zero attached hydrogens (tertiary/aromatic N) is 1. The van der Waals surface area contributed by atoms with E-state index in [0.717, 1.165) is 16.9 Å². The highest BCUT2D eigenvalue weighted by molar-refractivity contribution is 7.80. The Morgan fingerprint density at radius 3 is 2.22 bits per heavy atom. The fourth-order valence-electron chi connectivity index (χ4n) is 4.11. The number of thiocarbonyl (C=S) groups is 1. The van der Waals surface area contributed by atoms with Gasteiger partial charge in [0.05, 0.1) is 0 Å². The molecule has 0 aromatic carbocycles. The van der Waals surface area contributed by atoms with Crippen LogP contribution in [0.25, 0.3) is 0 Å². The molecule has 0 aromatic heterocycles. The Morgan fingerprint density at radius 2 is 1.56 bits per heavy atom. The van der Waals surface area contributed by atoms with E-state index >= 15 is 0 Å². The van der Waals surface area contributed by atoms with E-state index in [2.05, 4.69) is 10.2 Å². The maximum Gasteiger partial charge on any atom is 0.169 e. The molecule has 2 aliphatic carbocycles. The van der Waals surface area contributed by atoms with Gasteiger partial charge < -0.3 is 10.2 Å². The zero-order chi connectivity index (χ0) is 12.4. The fraction of sp³-hybridized carbons (Fsp3) is 0.933. The molecule has 0 radical (unpaired) electrons. The molecule has 102 valence electrons. The third-order valence-electron chi connectivity index (χ3n) is 5.07. The van der Waals surface area contributed by atoms with Crippen molar-refractivity contribution in [2.24, 2.45) is 11.8 Å². The van der Waals surface area contributed by atoms with Crippen molar-refractivity contribution in [1.82, 2.24) is 10.2 Å². The van der Waals surface area contributed by atoms with Crippen molar-refractivity contribution in [3.63, 3.8) is 0 Å². The van der Waals surface area contributed by atoms with Crippen LogP contribution in [0.3, 0.4) is 0 Å². The van der Waals surface area contributed by atoms with Crippen LogP contribution in [0.4, 0.5) is 0 Å². The first-order valence-corrected chi connectivity index (χ1v) is 8.27. The van der Waals surface area contributed by atoms with Crippen molar-refractivity contribution >= 4 is 17.3 Å². The van der Waals surface area contributed by atoms with Gasteiger partial charge in [0.15, 0.2) is 5.11 Å². The molecule has 3 fully saturated rings. The number of hydrogen-bond donors (Lipinski definition) is 1. The Balaban J connectivity index is 1.52. The molecule has 2 nitrogen and oxygen atoms in total. The maximum atomic E-state index is 5.65. The average molecular weight is 266 g/mol. The second-order valence-electron chi connectivity index (χ2n) is 6.59. The van der Waals surface area contributed by atoms with E-state index in [4.69, 9.17) is 12.2 Å². The quantitative estimate of drug-likeness (QED) is 0.733. The highest BCUT2D eigenvalue weighted by Crippen LogP contribution is 2.34. The summed E-state index contributed by atoms with van der Waals surface area (Å²) in [5.41, 5.74) is 0. The molecule has 1 saturated heterocycles. The molecule has 0 amide bonds. The summed E-state index contributed by atoms with van der Waals surface area (Å²) >= 11 is 5.65. The molecule has 18 heavy (non-hydrogen) atoms. The van der Waals surface area contributed by atoms with Gasteiger partial charge in [-0.1, -0.05) is 25.7 Å². The molecule has 0 aromatic rings. The SMILES string of the molecule is S=C(NC1CCCCC1)N1CC2CCCC(C2)C1. The van der Waals surface area contributed by atoms with Crippen LogP contribution >= 0.6 is 12.2 Å². The maximum absolute atomic E-state index is 5.65. The topological polar surface area (TPSA) is 15.3 Å². The Labute approximate surface area is 116 Å². The largest absolute Gasteiger partial charge is 0.360 e. The third-order valence-corrected chi connectivity index (χ3v) is 5.44. The minimum absolute atomic E-state index is 0.660. The van der Waals surface area contributed by atoms with E-state index in [1.54, 1.807) is 0 Å². The number of nitrogens with one attached hydrogen (secondary N) is 1. The van der Waals surface area contributed by atoms with Gasteiger partial charge >= 0.3 is 0 Å². The first-order valence-electron chi connectivity index (χ1n) is 7.86. The number of fused-ring (bicyclic) bond motifs is 2. The van der Waals surface area contributed by atoms with Crippen LogP contribution < -0.4 is 5.32 Å². The van der Waals surface area contributed by atoms with Gasteiger partial charge in [-0.05, 0) is 56.2 Å². The third kappa shape index (κ3) is 2.98. The lowest BCUT2D eigenvalue weighted by Crippen LogP contribution is -2.51. The zero-order valence-corrected chi connectivity index (χ0v) is 12.2. The van der Waals surface area contributed by atoms with Crippen LogP contribution in [0.5, 0.6) is 0 Å². The van der Waals surface area contributed by atoms with E-state index in [1.165, 1.54) is 70.9 Å². The number of rotatable bonds is 1. The Morgan fingerprint density at radius 1 is 0.889 bits per heavy atom. The van der Waals surface area contributed by atoms with Crippen molar-refractivity contribution in [2.75, 3.05) is 13.1 Å². The number of likely N-dealkylation sites (tertiary alicyclic amines) is 1. The van der Waals surface area contributed by atoms with Crippen LogP contribution in [0, 0.1) is 11.8 Å². The first-order chi connectivity index (χ1) is 8.81. The molecular formula is C15H26N2S. The molecule has 3 aliphatic rings. The van der Waals surface area contributed by atoms with Crippen LogP contribution in [0.15, 0.2) is 0 Å². The van der Waals surface area contributed by atoms with E-state index in [1.807, 2.05) is 0 Å². The van der Waals surface area contributed by atoms with Crippen molar-refractivity contribution in [3.05, 3.63) is 0 Å². The smallest absolute Gasteiger partial charge is 0.169 e. The molecule has 2 saturated carbocycles. The molecule has 1 heterocycles. The highest BCUT2D eigenvalue weighted by atomic mass is 32.1. The van der Waals surface area contributed by atoms with Gasteiger partial charge in [-0.25, -0.2) is 0 Å². The molecule has 3 rings (SSSR count). The molecule has 0 spiro atoms. The fourth-order valence-corrected chi connectivity index (χ4v) is 4.43. The summed E-state index contributed by atoms with van der Waals surface area (Å²) in [6.07, 6.45) is 12.6. The summed E-state index contributed by atoms with van der Waals surface area (Å²) in [5, 5.41) is 4.69. The van der Waals surface area contributed by atoms with Gasteiger partial charge in [0.25, 0.3) is 0 Å². The van der Waals surface area contributed by atoms with E-state index in [0.29, 0.717) is 6.04 Å². The van der Waals surface area contributed by atoms with Gasteiger partial charge in [0.1, 0.15) is 0 Å². The molecule has 1 N–H and O–H groups in total. The Kier molecular flexibility index (Phi) is 4.07. The predicted molar refractivity (Wildman–Crippen MR) is 79.6 cm³/mol. The van der Waals surface area contributed by atoms with Crippen LogP contribution in [0.2, 0.25) is 0 Å². The monoisotopic (exact) mass is 266 g/mol. The molecule has 2 unspecified atom stereocenters. The molecule has 3 heteroatoms. The molecule has 1 aliphatic heterocycles. The second kappa shape index (κ2) is 5.77. The Bertz CT molecular complexity index is 287. The summed E-state index contributed by atoms with van der Waals surface area (Å²) in [6.45, 7) is 2.43. The molecular weight excluding hydrogens is 240 g/mol. The van der Waals surface area contributed by atoms with Crippen molar-refractivity contribution in [2.45, 2.75) is 63.8 Å².